The summed E-state index contributed by atoms with van der Waals surface area (Å²) in [4.78, 5) is 12.0. The van der Waals surface area contributed by atoms with Crippen LogP contribution in [-0.2, 0) is 11.8 Å². The first kappa shape index (κ1) is 16.3. The normalized spacial score (nSPS) is 17.2. The van der Waals surface area contributed by atoms with Gasteiger partial charge in [-0.1, -0.05) is 43.9 Å². The molecule has 2 rings (SSSR count). The number of rotatable bonds is 6. The van der Waals surface area contributed by atoms with Gasteiger partial charge in [-0.2, -0.15) is 0 Å². The fourth-order valence-electron chi connectivity index (χ4n) is 2.64. The molecule has 1 aliphatic carbocycles. The first-order chi connectivity index (χ1) is 10.3. The van der Waals surface area contributed by atoms with Gasteiger partial charge in [0.1, 0.15) is 0 Å². The van der Waals surface area contributed by atoms with Crippen LogP contribution in [0.3, 0.4) is 0 Å². The van der Waals surface area contributed by atoms with Crippen LogP contribution in [0.15, 0.2) is 5.16 Å². The van der Waals surface area contributed by atoms with Crippen molar-refractivity contribution in [2.24, 2.45) is 7.05 Å². The van der Waals surface area contributed by atoms with Crippen molar-refractivity contribution >= 4 is 17.7 Å². The third-order valence-corrected chi connectivity index (χ3v) is 4.93. The lowest BCUT2D eigenvalue weighted by Crippen LogP contribution is -2.35. The van der Waals surface area contributed by atoms with E-state index < -0.39 is 0 Å². The molecule has 0 aromatic carbocycles. The number of tetrazole rings is 1. The summed E-state index contributed by atoms with van der Waals surface area (Å²) in [5.41, 5.74) is 0. The SMILES string of the molecule is Cn1nnnc1SCCCC(=O)NC1CCCCCCC1. The molecule has 0 bridgehead atoms. The van der Waals surface area contributed by atoms with Gasteiger partial charge in [0.2, 0.25) is 11.1 Å². The van der Waals surface area contributed by atoms with E-state index in [-0.39, 0.29) is 5.91 Å². The van der Waals surface area contributed by atoms with E-state index in [1.54, 1.807) is 16.4 Å². The molecule has 1 aromatic heterocycles. The van der Waals surface area contributed by atoms with Gasteiger partial charge < -0.3 is 5.32 Å². The van der Waals surface area contributed by atoms with E-state index in [9.17, 15) is 4.79 Å². The minimum atomic E-state index is 0.192. The van der Waals surface area contributed by atoms with Crippen LogP contribution in [0.25, 0.3) is 0 Å². The van der Waals surface area contributed by atoms with Crippen LogP contribution in [0.1, 0.15) is 57.8 Å². The Balaban J connectivity index is 1.59. The molecule has 0 unspecified atom stereocenters. The van der Waals surface area contributed by atoms with Gasteiger partial charge in [0.05, 0.1) is 0 Å². The third kappa shape index (κ3) is 6.03. The third-order valence-electron chi connectivity index (χ3n) is 3.83. The second-order valence-electron chi connectivity index (χ2n) is 5.65. The summed E-state index contributed by atoms with van der Waals surface area (Å²) in [6, 6.07) is 0.397. The zero-order chi connectivity index (χ0) is 14.9. The van der Waals surface area contributed by atoms with Crippen LogP contribution in [0.2, 0.25) is 0 Å². The summed E-state index contributed by atoms with van der Waals surface area (Å²) >= 11 is 1.59. The Morgan fingerprint density at radius 3 is 2.67 bits per heavy atom. The lowest BCUT2D eigenvalue weighted by molar-refractivity contribution is -0.121. The van der Waals surface area contributed by atoms with Gasteiger partial charge in [-0.15, -0.1) is 5.10 Å². The number of hydrogen-bond acceptors (Lipinski definition) is 5. The highest BCUT2D eigenvalue weighted by molar-refractivity contribution is 7.99. The Morgan fingerprint density at radius 1 is 1.29 bits per heavy atom. The van der Waals surface area contributed by atoms with E-state index in [0.29, 0.717) is 12.5 Å². The second kappa shape index (κ2) is 9.02. The highest BCUT2D eigenvalue weighted by Crippen LogP contribution is 2.18. The van der Waals surface area contributed by atoms with Gasteiger partial charge in [-0.05, 0) is 29.7 Å². The number of nitrogens with one attached hydrogen (secondary N) is 1. The van der Waals surface area contributed by atoms with Gasteiger partial charge >= 0.3 is 0 Å². The maximum absolute atomic E-state index is 12.0. The highest BCUT2D eigenvalue weighted by Gasteiger charge is 2.13. The first-order valence-electron chi connectivity index (χ1n) is 7.90. The number of nitrogens with zero attached hydrogens (tertiary/aromatic N) is 4. The zero-order valence-corrected chi connectivity index (χ0v) is 13.6. The van der Waals surface area contributed by atoms with Crippen molar-refractivity contribution < 1.29 is 4.79 Å². The fraction of sp³-hybridized carbons (Fsp3) is 0.857. The zero-order valence-electron chi connectivity index (χ0n) is 12.8. The monoisotopic (exact) mass is 311 g/mol. The van der Waals surface area contributed by atoms with E-state index in [1.165, 1.54) is 32.1 Å². The molecule has 1 fully saturated rings. The molecule has 0 radical (unpaired) electrons. The molecule has 1 heterocycles. The number of amides is 1. The van der Waals surface area contributed by atoms with Crippen molar-refractivity contribution in [3.8, 4) is 0 Å². The predicted octanol–water partition coefficient (Wildman–Crippen LogP) is 2.31. The van der Waals surface area contributed by atoms with E-state index in [1.807, 2.05) is 7.05 Å². The van der Waals surface area contributed by atoms with Crippen molar-refractivity contribution in [1.82, 2.24) is 25.5 Å². The number of aromatic nitrogens is 4. The fourth-order valence-corrected chi connectivity index (χ4v) is 3.43. The maximum atomic E-state index is 12.0. The molecule has 0 saturated heterocycles. The van der Waals surface area contributed by atoms with Crippen LogP contribution in [0, 0.1) is 0 Å². The molecule has 6 nitrogen and oxygen atoms in total. The molecule has 21 heavy (non-hydrogen) atoms. The molecule has 0 aliphatic heterocycles. The quantitative estimate of drug-likeness (QED) is 0.645. The Morgan fingerprint density at radius 2 is 2.00 bits per heavy atom. The summed E-state index contributed by atoms with van der Waals surface area (Å²) in [6.45, 7) is 0. The van der Waals surface area contributed by atoms with Crippen LogP contribution in [0.5, 0.6) is 0 Å². The van der Waals surface area contributed by atoms with Gasteiger partial charge in [0, 0.05) is 25.3 Å². The summed E-state index contributed by atoms with van der Waals surface area (Å²) in [5, 5.41) is 15.3. The van der Waals surface area contributed by atoms with Crippen molar-refractivity contribution in [1.29, 1.82) is 0 Å². The molecule has 1 saturated carbocycles. The van der Waals surface area contributed by atoms with Crippen molar-refractivity contribution in [2.45, 2.75) is 69.0 Å². The topological polar surface area (TPSA) is 72.7 Å². The van der Waals surface area contributed by atoms with Gasteiger partial charge in [0.25, 0.3) is 0 Å². The Hall–Kier alpha value is -1.11. The van der Waals surface area contributed by atoms with E-state index in [0.717, 1.165) is 30.2 Å². The minimum absolute atomic E-state index is 0.192. The summed E-state index contributed by atoms with van der Waals surface area (Å²) in [5.74, 6) is 1.06. The molecule has 0 atom stereocenters. The maximum Gasteiger partial charge on any atom is 0.220 e. The Labute approximate surface area is 130 Å². The molecular weight excluding hydrogens is 286 g/mol. The Kier molecular flexibility index (Phi) is 6.99. The first-order valence-corrected chi connectivity index (χ1v) is 8.89. The van der Waals surface area contributed by atoms with Gasteiger partial charge in [-0.3, -0.25) is 4.79 Å². The van der Waals surface area contributed by atoms with Crippen molar-refractivity contribution in [2.75, 3.05) is 5.75 Å². The Bertz CT molecular complexity index is 429. The molecule has 1 aliphatic rings. The lowest BCUT2D eigenvalue weighted by Gasteiger charge is -2.21. The second-order valence-corrected chi connectivity index (χ2v) is 6.71. The van der Waals surface area contributed by atoms with E-state index in [4.69, 9.17) is 0 Å². The molecule has 1 N–H and O–H groups in total. The molecule has 1 amide bonds. The number of thioether (sulfide) groups is 1. The molecule has 7 heteroatoms. The number of carbonyl (C=O) groups excluding carboxylic acids is 1. The van der Waals surface area contributed by atoms with Crippen LogP contribution in [-0.4, -0.2) is 37.9 Å². The largest absolute Gasteiger partial charge is 0.353 e. The number of carbonyl (C=O) groups is 1. The highest BCUT2D eigenvalue weighted by atomic mass is 32.2. The average molecular weight is 311 g/mol. The molecule has 118 valence electrons. The van der Waals surface area contributed by atoms with Crippen molar-refractivity contribution in [3.05, 3.63) is 0 Å². The van der Waals surface area contributed by atoms with Crippen LogP contribution >= 0.6 is 11.8 Å². The molecular formula is C14H25N5OS. The number of hydrogen-bond donors (Lipinski definition) is 1. The van der Waals surface area contributed by atoms with Gasteiger partial charge in [-0.25, -0.2) is 4.68 Å². The minimum Gasteiger partial charge on any atom is -0.353 e. The summed E-state index contributed by atoms with van der Waals surface area (Å²) < 4.78 is 1.65. The molecule has 0 spiro atoms. The lowest BCUT2D eigenvalue weighted by atomic mass is 9.96. The van der Waals surface area contributed by atoms with E-state index in [2.05, 4.69) is 20.8 Å². The van der Waals surface area contributed by atoms with Crippen molar-refractivity contribution in [3.63, 3.8) is 0 Å². The summed E-state index contributed by atoms with van der Waals surface area (Å²) in [7, 11) is 1.82. The molecule has 1 aromatic rings. The van der Waals surface area contributed by atoms with E-state index >= 15 is 0 Å². The predicted molar refractivity (Wildman–Crippen MR) is 83.0 cm³/mol. The smallest absolute Gasteiger partial charge is 0.220 e. The van der Waals surface area contributed by atoms with Gasteiger partial charge in [0.15, 0.2) is 0 Å². The van der Waals surface area contributed by atoms with Crippen LogP contribution in [0.4, 0.5) is 0 Å². The number of aryl methyl sites for hydroxylation is 1. The standard InChI is InChI=1S/C14H25N5OS/c1-19-14(16-17-18-19)21-11-7-10-13(20)15-12-8-5-3-2-4-6-9-12/h12H,2-11H2,1H3,(H,15,20). The summed E-state index contributed by atoms with van der Waals surface area (Å²) in [6.07, 6.45) is 10.2. The average Bonchev–Trinajstić information content (AvgIpc) is 2.83. The van der Waals surface area contributed by atoms with Crippen LogP contribution < -0.4 is 5.32 Å².